The predicted molar refractivity (Wildman–Crippen MR) is 131 cm³/mol. The summed E-state index contributed by atoms with van der Waals surface area (Å²) in [5.41, 5.74) is 9.10. The van der Waals surface area contributed by atoms with Crippen molar-refractivity contribution in [3.63, 3.8) is 0 Å². The normalized spacial score (nSPS) is 19.6. The van der Waals surface area contributed by atoms with Gasteiger partial charge < -0.3 is 21.1 Å². The first kappa shape index (κ1) is 26.1. The molecule has 186 valence electrons. The fraction of sp³-hybridized carbons (Fsp3) is 0.519. The van der Waals surface area contributed by atoms with Crippen molar-refractivity contribution >= 4 is 5.91 Å². The van der Waals surface area contributed by atoms with Gasteiger partial charge in [-0.05, 0) is 54.5 Å². The summed E-state index contributed by atoms with van der Waals surface area (Å²) in [6, 6.07) is 8.77. The molecule has 3 rings (SSSR count). The van der Waals surface area contributed by atoms with E-state index < -0.39 is 23.7 Å². The molecule has 5 nitrogen and oxygen atoms in total. The van der Waals surface area contributed by atoms with Gasteiger partial charge in [0, 0.05) is 49.1 Å². The maximum Gasteiger partial charge on any atom is 0.217 e. The second-order valence-electron chi connectivity index (χ2n) is 10.8. The van der Waals surface area contributed by atoms with Crippen molar-refractivity contribution in [3.8, 4) is 5.75 Å². The number of hydrogen-bond acceptors (Lipinski definition) is 4. The molecule has 0 spiro atoms. The van der Waals surface area contributed by atoms with Crippen LogP contribution < -0.4 is 21.1 Å². The van der Waals surface area contributed by atoms with E-state index in [1.165, 1.54) is 24.6 Å². The Kier molecular flexibility index (Phi) is 7.98. The molecule has 0 bridgehead atoms. The van der Waals surface area contributed by atoms with E-state index in [1.807, 2.05) is 6.07 Å². The molecule has 0 saturated heterocycles. The van der Waals surface area contributed by atoms with Crippen LogP contribution in [0.1, 0.15) is 57.7 Å². The van der Waals surface area contributed by atoms with E-state index in [0.29, 0.717) is 18.7 Å². The lowest BCUT2D eigenvalue weighted by Gasteiger charge is -2.39. The van der Waals surface area contributed by atoms with Crippen molar-refractivity contribution < 1.29 is 18.3 Å². The Labute approximate surface area is 201 Å². The highest BCUT2D eigenvalue weighted by Gasteiger charge is 2.34. The van der Waals surface area contributed by atoms with Crippen LogP contribution in [0.4, 0.5) is 8.78 Å². The number of fused-ring (bicyclic) bond motifs is 1. The van der Waals surface area contributed by atoms with Crippen LogP contribution >= 0.6 is 0 Å². The lowest BCUT2D eigenvalue weighted by Crippen LogP contribution is -2.56. The van der Waals surface area contributed by atoms with Crippen LogP contribution in [0.15, 0.2) is 36.4 Å². The molecule has 0 saturated carbocycles. The smallest absolute Gasteiger partial charge is 0.217 e. The Morgan fingerprint density at radius 2 is 1.82 bits per heavy atom. The van der Waals surface area contributed by atoms with Crippen LogP contribution in [-0.4, -0.2) is 31.1 Å². The summed E-state index contributed by atoms with van der Waals surface area (Å²) >= 11 is 0. The lowest BCUT2D eigenvalue weighted by atomic mass is 9.82. The molecule has 0 unspecified atom stereocenters. The van der Waals surface area contributed by atoms with Gasteiger partial charge in [0.25, 0.3) is 0 Å². The first-order valence-electron chi connectivity index (χ1n) is 11.8. The van der Waals surface area contributed by atoms with Gasteiger partial charge >= 0.3 is 0 Å². The lowest BCUT2D eigenvalue weighted by molar-refractivity contribution is -0.119. The van der Waals surface area contributed by atoms with Crippen molar-refractivity contribution in [1.29, 1.82) is 0 Å². The Bertz CT molecular complexity index is 1000. The number of carbonyl (C=O) groups excluding carboxylic acids is 1. The standard InChI is InChI=1S/C27H37F2N3O2/c1-17(33)32-24(13-19-10-20(28)14-21(29)11-19)23(30)16-31-27(5)8-9-34-25-7-6-18(12-22(25)27)15-26(2,3)4/h6-7,10-12,14,23-24,31H,8-9,13,15-16,30H2,1-5H3,(H,32,33)/t23-,24+,27+/m1/s1. The zero-order valence-electron chi connectivity index (χ0n) is 20.8. The van der Waals surface area contributed by atoms with Crippen molar-refractivity contribution in [3.05, 3.63) is 64.7 Å². The number of hydrogen-bond donors (Lipinski definition) is 3. The number of halogens is 2. The Hall–Kier alpha value is -2.51. The zero-order chi connectivity index (χ0) is 25.1. The molecule has 0 radical (unpaired) electrons. The summed E-state index contributed by atoms with van der Waals surface area (Å²) in [6.07, 6.45) is 1.94. The molecule has 1 aliphatic rings. The minimum absolute atomic E-state index is 0.165. The van der Waals surface area contributed by atoms with Crippen LogP contribution in [-0.2, 0) is 23.2 Å². The maximum atomic E-state index is 13.7. The fourth-order valence-electron chi connectivity index (χ4n) is 4.58. The van der Waals surface area contributed by atoms with Crippen molar-refractivity contribution in [2.24, 2.45) is 11.1 Å². The second kappa shape index (κ2) is 10.4. The van der Waals surface area contributed by atoms with Gasteiger partial charge in [0.1, 0.15) is 17.4 Å². The molecule has 0 fully saturated rings. The summed E-state index contributed by atoms with van der Waals surface area (Å²) < 4.78 is 33.3. The van der Waals surface area contributed by atoms with E-state index in [4.69, 9.17) is 10.5 Å². The van der Waals surface area contributed by atoms with Gasteiger partial charge in [0.15, 0.2) is 0 Å². The summed E-state index contributed by atoms with van der Waals surface area (Å²) in [7, 11) is 0. The van der Waals surface area contributed by atoms with Gasteiger partial charge in [-0.1, -0.05) is 32.9 Å². The van der Waals surface area contributed by atoms with E-state index in [-0.39, 0.29) is 23.3 Å². The Morgan fingerprint density at radius 3 is 2.44 bits per heavy atom. The summed E-state index contributed by atoms with van der Waals surface area (Å²) in [4.78, 5) is 11.8. The maximum absolute atomic E-state index is 13.7. The highest BCUT2D eigenvalue weighted by molar-refractivity contribution is 5.73. The number of ether oxygens (including phenoxy) is 1. The van der Waals surface area contributed by atoms with Crippen LogP contribution in [0.5, 0.6) is 5.75 Å². The minimum Gasteiger partial charge on any atom is -0.493 e. The van der Waals surface area contributed by atoms with E-state index in [0.717, 1.165) is 30.2 Å². The molecule has 4 N–H and O–H groups in total. The zero-order valence-corrected chi connectivity index (χ0v) is 20.8. The molecule has 0 aliphatic carbocycles. The minimum atomic E-state index is -0.652. The Balaban J connectivity index is 1.76. The molecular formula is C27H37F2N3O2. The van der Waals surface area contributed by atoms with Gasteiger partial charge in [-0.25, -0.2) is 8.78 Å². The van der Waals surface area contributed by atoms with Gasteiger partial charge in [-0.3, -0.25) is 4.79 Å². The molecule has 0 aromatic heterocycles. The second-order valence-corrected chi connectivity index (χ2v) is 10.8. The molecule has 34 heavy (non-hydrogen) atoms. The topological polar surface area (TPSA) is 76.4 Å². The largest absolute Gasteiger partial charge is 0.493 e. The average Bonchev–Trinajstić information content (AvgIpc) is 2.70. The SMILES string of the molecule is CC(=O)N[C@@H](Cc1cc(F)cc(F)c1)[C@H](N)CN[C@@]1(C)CCOc2ccc(CC(C)(C)C)cc21. The quantitative estimate of drug-likeness (QED) is 0.537. The summed E-state index contributed by atoms with van der Waals surface area (Å²) in [5, 5.41) is 6.45. The average molecular weight is 474 g/mol. The molecule has 3 atom stereocenters. The van der Waals surface area contributed by atoms with E-state index in [1.54, 1.807) is 0 Å². The number of benzene rings is 2. The van der Waals surface area contributed by atoms with Crippen LogP contribution in [0.25, 0.3) is 0 Å². The van der Waals surface area contributed by atoms with Crippen LogP contribution in [0.2, 0.25) is 0 Å². The number of nitrogens with two attached hydrogens (primary N) is 1. The molecule has 1 heterocycles. The number of carbonyl (C=O) groups is 1. The molecular weight excluding hydrogens is 436 g/mol. The highest BCUT2D eigenvalue weighted by Crippen LogP contribution is 2.38. The third-order valence-corrected chi connectivity index (χ3v) is 6.24. The molecule has 2 aromatic carbocycles. The molecule has 7 heteroatoms. The molecule has 1 aliphatic heterocycles. The molecule has 1 amide bonds. The van der Waals surface area contributed by atoms with Crippen LogP contribution in [0.3, 0.4) is 0 Å². The van der Waals surface area contributed by atoms with Crippen LogP contribution in [0, 0.1) is 17.0 Å². The Morgan fingerprint density at radius 1 is 1.15 bits per heavy atom. The highest BCUT2D eigenvalue weighted by atomic mass is 19.1. The molecule has 2 aromatic rings. The van der Waals surface area contributed by atoms with Gasteiger partial charge in [0.05, 0.1) is 6.61 Å². The van der Waals surface area contributed by atoms with Gasteiger partial charge in [-0.15, -0.1) is 0 Å². The summed E-state index contributed by atoms with van der Waals surface area (Å²) in [5.74, 6) is -0.686. The third-order valence-electron chi connectivity index (χ3n) is 6.24. The fourth-order valence-corrected chi connectivity index (χ4v) is 4.58. The number of amides is 1. The van der Waals surface area contributed by atoms with Crippen molar-refractivity contribution in [2.45, 2.75) is 71.5 Å². The third kappa shape index (κ3) is 7.00. The van der Waals surface area contributed by atoms with Gasteiger partial charge in [-0.2, -0.15) is 0 Å². The van der Waals surface area contributed by atoms with E-state index in [9.17, 15) is 13.6 Å². The van der Waals surface area contributed by atoms with Gasteiger partial charge in [0.2, 0.25) is 5.91 Å². The first-order chi connectivity index (χ1) is 15.8. The summed E-state index contributed by atoms with van der Waals surface area (Å²) in [6.45, 7) is 11.2. The van der Waals surface area contributed by atoms with E-state index >= 15 is 0 Å². The van der Waals surface area contributed by atoms with Crippen molar-refractivity contribution in [1.82, 2.24) is 10.6 Å². The predicted octanol–water partition coefficient (Wildman–Crippen LogP) is 4.22. The number of rotatable bonds is 8. The van der Waals surface area contributed by atoms with Crippen molar-refractivity contribution in [2.75, 3.05) is 13.2 Å². The monoisotopic (exact) mass is 473 g/mol. The number of nitrogens with one attached hydrogen (secondary N) is 2. The van der Waals surface area contributed by atoms with E-state index in [2.05, 4.69) is 50.5 Å². The first-order valence-corrected chi connectivity index (χ1v) is 11.8.